The Morgan fingerprint density at radius 3 is 2.88 bits per heavy atom. The highest BCUT2D eigenvalue weighted by Gasteiger charge is 2.14. The van der Waals surface area contributed by atoms with Crippen LogP contribution in [0.4, 0.5) is 0 Å². The minimum absolute atomic E-state index is 0.109. The van der Waals surface area contributed by atoms with Gasteiger partial charge in [-0.3, -0.25) is 9.89 Å². The topological polar surface area (TPSA) is 73.9 Å². The lowest BCUT2D eigenvalue weighted by Gasteiger charge is -2.07. The molecule has 5 heteroatoms. The molecule has 2 aromatic rings. The van der Waals surface area contributed by atoms with E-state index in [0.717, 1.165) is 0 Å². The lowest BCUT2D eigenvalue weighted by Crippen LogP contribution is -2.23. The molecule has 0 bridgehead atoms. The van der Waals surface area contributed by atoms with Crippen molar-refractivity contribution >= 4 is 5.65 Å². The summed E-state index contributed by atoms with van der Waals surface area (Å²) in [6, 6.07) is 2.01. The van der Waals surface area contributed by atoms with Crippen LogP contribution in [-0.4, -0.2) is 14.6 Å². The molecular weight excluding hydrogens is 216 g/mol. The van der Waals surface area contributed by atoms with Gasteiger partial charge < -0.3 is 0 Å². The molecule has 0 atom stereocenters. The average molecular weight is 230 g/mol. The summed E-state index contributed by atoms with van der Waals surface area (Å²) in [6.07, 6.45) is 2.20. The molecule has 0 saturated carbocycles. The molecular formula is C12H14N4O. The van der Waals surface area contributed by atoms with Gasteiger partial charge in [-0.1, -0.05) is 13.8 Å². The fourth-order valence-corrected chi connectivity index (χ4v) is 1.88. The van der Waals surface area contributed by atoms with E-state index >= 15 is 0 Å². The fraction of sp³-hybridized carbons (Fsp3) is 0.417. The van der Waals surface area contributed by atoms with E-state index in [2.05, 4.69) is 23.9 Å². The smallest absolute Gasteiger partial charge is 0.276 e. The number of nitriles is 1. The molecule has 1 N–H and O–H groups in total. The van der Waals surface area contributed by atoms with Crippen LogP contribution < -0.4 is 5.56 Å². The van der Waals surface area contributed by atoms with Crippen LogP contribution in [0.2, 0.25) is 0 Å². The second-order valence-corrected chi connectivity index (χ2v) is 4.54. The van der Waals surface area contributed by atoms with Crippen molar-refractivity contribution in [3.63, 3.8) is 0 Å². The van der Waals surface area contributed by atoms with Crippen molar-refractivity contribution in [2.45, 2.75) is 27.2 Å². The fourth-order valence-electron chi connectivity index (χ4n) is 1.88. The summed E-state index contributed by atoms with van der Waals surface area (Å²) in [4.78, 5) is 16.5. The standard InChI is InChI=1S/C12H14N4O/c1-7(2)4-10-8(3)15-11-9(5-13)6-14-16(11)12(10)17/h6-7,14H,4H2,1-3H3. The first-order chi connectivity index (χ1) is 8.04. The first kappa shape index (κ1) is 11.4. The third-order valence-corrected chi connectivity index (χ3v) is 2.70. The van der Waals surface area contributed by atoms with Gasteiger partial charge in [0.05, 0.1) is 0 Å². The van der Waals surface area contributed by atoms with Crippen LogP contribution >= 0.6 is 0 Å². The molecule has 2 heterocycles. The molecule has 17 heavy (non-hydrogen) atoms. The van der Waals surface area contributed by atoms with Crippen LogP contribution in [0, 0.1) is 24.2 Å². The Bertz CT molecular complexity index is 657. The summed E-state index contributed by atoms with van der Waals surface area (Å²) >= 11 is 0. The maximum atomic E-state index is 12.2. The van der Waals surface area contributed by atoms with Crippen LogP contribution in [-0.2, 0) is 6.42 Å². The Morgan fingerprint density at radius 2 is 2.29 bits per heavy atom. The number of aromatic amines is 1. The minimum atomic E-state index is -0.109. The van der Waals surface area contributed by atoms with Crippen molar-refractivity contribution in [3.8, 4) is 6.07 Å². The molecule has 0 unspecified atom stereocenters. The molecule has 88 valence electrons. The molecule has 0 aliphatic carbocycles. The second kappa shape index (κ2) is 4.06. The number of nitrogens with one attached hydrogen (secondary N) is 1. The predicted octanol–water partition coefficient (Wildman–Crippen LogP) is 1.40. The summed E-state index contributed by atoms with van der Waals surface area (Å²) in [5.74, 6) is 0.395. The number of fused-ring (bicyclic) bond motifs is 1. The van der Waals surface area contributed by atoms with Crippen molar-refractivity contribution in [1.82, 2.24) is 14.6 Å². The highest BCUT2D eigenvalue weighted by atomic mass is 16.1. The molecule has 2 aromatic heterocycles. The van der Waals surface area contributed by atoms with E-state index in [0.29, 0.717) is 34.8 Å². The molecule has 0 aromatic carbocycles. The summed E-state index contributed by atoms with van der Waals surface area (Å²) in [5, 5.41) is 11.7. The zero-order valence-corrected chi connectivity index (χ0v) is 10.1. The third-order valence-electron chi connectivity index (χ3n) is 2.70. The largest absolute Gasteiger partial charge is 0.295 e. The van der Waals surface area contributed by atoms with Gasteiger partial charge in [0, 0.05) is 17.5 Å². The molecule has 0 aliphatic heterocycles. The van der Waals surface area contributed by atoms with E-state index in [9.17, 15) is 4.79 Å². The van der Waals surface area contributed by atoms with Gasteiger partial charge in [-0.05, 0) is 19.3 Å². The molecule has 0 fully saturated rings. The summed E-state index contributed by atoms with van der Waals surface area (Å²) in [6.45, 7) is 5.93. The van der Waals surface area contributed by atoms with Crippen LogP contribution in [0.3, 0.4) is 0 Å². The Labute approximate surface area is 98.7 Å². The molecule has 0 saturated heterocycles. The van der Waals surface area contributed by atoms with Gasteiger partial charge >= 0.3 is 0 Å². The van der Waals surface area contributed by atoms with Gasteiger partial charge in [-0.15, -0.1) is 0 Å². The molecule has 2 rings (SSSR count). The van der Waals surface area contributed by atoms with Crippen molar-refractivity contribution in [2.24, 2.45) is 5.92 Å². The van der Waals surface area contributed by atoms with E-state index in [1.165, 1.54) is 10.7 Å². The molecule has 0 amide bonds. The predicted molar refractivity (Wildman–Crippen MR) is 63.8 cm³/mol. The Morgan fingerprint density at radius 1 is 1.59 bits per heavy atom. The number of rotatable bonds is 2. The zero-order valence-electron chi connectivity index (χ0n) is 10.1. The van der Waals surface area contributed by atoms with Crippen molar-refractivity contribution in [1.29, 1.82) is 5.26 Å². The monoisotopic (exact) mass is 230 g/mol. The van der Waals surface area contributed by atoms with Crippen molar-refractivity contribution in [3.05, 3.63) is 33.4 Å². The number of H-pyrrole nitrogens is 1. The van der Waals surface area contributed by atoms with Gasteiger partial charge in [0.25, 0.3) is 5.56 Å². The summed E-state index contributed by atoms with van der Waals surface area (Å²) in [5.41, 5.74) is 2.11. The van der Waals surface area contributed by atoms with Crippen LogP contribution in [0.1, 0.15) is 30.7 Å². The zero-order chi connectivity index (χ0) is 12.6. The van der Waals surface area contributed by atoms with E-state index < -0.39 is 0 Å². The second-order valence-electron chi connectivity index (χ2n) is 4.54. The lowest BCUT2D eigenvalue weighted by molar-refractivity contribution is 0.632. The Hall–Kier alpha value is -2.09. The molecule has 0 spiro atoms. The van der Waals surface area contributed by atoms with Crippen LogP contribution in [0.15, 0.2) is 11.0 Å². The Kier molecular flexibility index (Phi) is 2.72. The van der Waals surface area contributed by atoms with Gasteiger partial charge in [0.15, 0.2) is 5.65 Å². The van der Waals surface area contributed by atoms with Crippen LogP contribution in [0.5, 0.6) is 0 Å². The molecule has 0 aliphatic rings. The van der Waals surface area contributed by atoms with E-state index in [1.54, 1.807) is 0 Å². The number of nitrogens with zero attached hydrogens (tertiary/aromatic N) is 3. The van der Waals surface area contributed by atoms with Gasteiger partial charge in [0.2, 0.25) is 0 Å². The van der Waals surface area contributed by atoms with E-state index in [1.807, 2.05) is 13.0 Å². The summed E-state index contributed by atoms with van der Waals surface area (Å²) in [7, 11) is 0. The maximum absolute atomic E-state index is 12.2. The Balaban J connectivity index is 2.74. The lowest BCUT2D eigenvalue weighted by atomic mass is 10.0. The normalized spacial score (nSPS) is 11.0. The first-order valence-electron chi connectivity index (χ1n) is 5.54. The number of hydrogen-bond acceptors (Lipinski definition) is 3. The van der Waals surface area contributed by atoms with Gasteiger partial charge in [-0.2, -0.15) is 5.26 Å². The van der Waals surface area contributed by atoms with E-state index in [-0.39, 0.29) is 5.56 Å². The average Bonchev–Trinajstić information content (AvgIpc) is 2.66. The highest BCUT2D eigenvalue weighted by Crippen LogP contribution is 2.11. The molecule has 5 nitrogen and oxygen atoms in total. The minimum Gasteiger partial charge on any atom is -0.295 e. The van der Waals surface area contributed by atoms with Crippen molar-refractivity contribution in [2.75, 3.05) is 0 Å². The summed E-state index contributed by atoms with van der Waals surface area (Å²) < 4.78 is 1.34. The van der Waals surface area contributed by atoms with Gasteiger partial charge in [0.1, 0.15) is 11.6 Å². The molecule has 0 radical (unpaired) electrons. The van der Waals surface area contributed by atoms with E-state index in [4.69, 9.17) is 5.26 Å². The quantitative estimate of drug-likeness (QED) is 0.847. The highest BCUT2D eigenvalue weighted by molar-refractivity contribution is 5.54. The SMILES string of the molecule is Cc1nc2c(C#N)c[nH]n2c(=O)c1CC(C)C. The van der Waals surface area contributed by atoms with Crippen LogP contribution in [0.25, 0.3) is 5.65 Å². The number of aryl methyl sites for hydroxylation is 1. The van der Waals surface area contributed by atoms with Gasteiger partial charge in [-0.25, -0.2) is 9.50 Å². The third kappa shape index (κ3) is 1.82. The first-order valence-corrected chi connectivity index (χ1v) is 5.54. The van der Waals surface area contributed by atoms with Crippen molar-refractivity contribution < 1.29 is 0 Å². The maximum Gasteiger partial charge on any atom is 0.276 e. The number of hydrogen-bond donors (Lipinski definition) is 1. The number of aromatic nitrogens is 3.